The van der Waals surface area contributed by atoms with Gasteiger partial charge in [-0.1, -0.05) is 20.8 Å². The Hall–Kier alpha value is -1.82. The summed E-state index contributed by atoms with van der Waals surface area (Å²) in [6, 6.07) is 0. The lowest BCUT2D eigenvalue weighted by Gasteiger charge is -2.12. The van der Waals surface area contributed by atoms with Crippen molar-refractivity contribution in [2.24, 2.45) is 0 Å². The minimum absolute atomic E-state index is 0.0441. The van der Waals surface area contributed by atoms with E-state index in [1.807, 2.05) is 23.7 Å². The van der Waals surface area contributed by atoms with Crippen LogP contribution in [0.5, 0.6) is 0 Å². The van der Waals surface area contributed by atoms with Gasteiger partial charge in [0.2, 0.25) is 0 Å². The molecule has 0 fully saturated rings. The van der Waals surface area contributed by atoms with Crippen LogP contribution < -0.4 is 0 Å². The van der Waals surface area contributed by atoms with Gasteiger partial charge in [0.05, 0.1) is 11.7 Å². The lowest BCUT2D eigenvalue weighted by molar-refractivity contribution is 0.555. The Morgan fingerprint density at radius 3 is 2.68 bits per heavy atom. The van der Waals surface area contributed by atoms with Crippen molar-refractivity contribution in [3.05, 3.63) is 30.2 Å². The van der Waals surface area contributed by atoms with E-state index in [9.17, 15) is 0 Å². The zero-order valence-electron chi connectivity index (χ0n) is 11.4. The maximum absolute atomic E-state index is 4.62. The Bertz CT molecular complexity index is 735. The Morgan fingerprint density at radius 2 is 2.00 bits per heavy atom. The maximum atomic E-state index is 4.62. The summed E-state index contributed by atoms with van der Waals surface area (Å²) in [4.78, 5) is 13.4. The van der Waals surface area contributed by atoms with Crippen molar-refractivity contribution in [2.45, 2.75) is 33.1 Å². The van der Waals surface area contributed by atoms with E-state index in [-0.39, 0.29) is 5.41 Å². The lowest BCUT2D eigenvalue weighted by atomic mass is 9.96. The number of nitrogens with zero attached hydrogens (tertiary/aromatic N) is 5. The fourth-order valence-electron chi connectivity index (χ4n) is 1.87. The third-order valence-corrected chi connectivity index (χ3v) is 3.64. The molecular formula is C13H15N5S. The standard InChI is InChI=1S/C13H15N5S/c1-8-15-10(9-7-14-5-6-18(8)9)11-16-12(17-19-11)13(2,3)4/h5-7H,1-4H3. The van der Waals surface area contributed by atoms with Crippen LogP contribution in [0.2, 0.25) is 0 Å². The first-order valence-electron chi connectivity index (χ1n) is 6.10. The highest BCUT2D eigenvalue weighted by Gasteiger charge is 2.22. The number of rotatable bonds is 1. The van der Waals surface area contributed by atoms with Gasteiger partial charge in [-0.2, -0.15) is 4.37 Å². The van der Waals surface area contributed by atoms with Crippen LogP contribution in [0.4, 0.5) is 0 Å². The summed E-state index contributed by atoms with van der Waals surface area (Å²) in [5, 5.41) is 0.850. The third kappa shape index (κ3) is 2.02. The molecule has 0 spiro atoms. The van der Waals surface area contributed by atoms with Crippen LogP contribution in [0.25, 0.3) is 16.2 Å². The first-order chi connectivity index (χ1) is 8.97. The molecule has 0 amide bonds. The normalized spacial score (nSPS) is 12.2. The fourth-order valence-corrected chi connectivity index (χ4v) is 2.72. The lowest BCUT2D eigenvalue weighted by Crippen LogP contribution is -2.12. The van der Waals surface area contributed by atoms with E-state index < -0.39 is 0 Å². The van der Waals surface area contributed by atoms with Gasteiger partial charge in [-0.3, -0.25) is 4.98 Å². The SMILES string of the molecule is Cc1nc(-c2nc(C(C)(C)C)ns2)c2cnccn12. The molecule has 0 atom stereocenters. The van der Waals surface area contributed by atoms with Gasteiger partial charge >= 0.3 is 0 Å². The molecule has 0 radical (unpaired) electrons. The molecule has 0 unspecified atom stereocenters. The van der Waals surface area contributed by atoms with Gasteiger partial charge in [0.1, 0.15) is 17.3 Å². The summed E-state index contributed by atoms with van der Waals surface area (Å²) in [6.07, 6.45) is 5.48. The van der Waals surface area contributed by atoms with Crippen molar-refractivity contribution in [2.75, 3.05) is 0 Å². The monoisotopic (exact) mass is 273 g/mol. The Kier molecular flexibility index (Phi) is 2.63. The highest BCUT2D eigenvalue weighted by molar-refractivity contribution is 7.09. The number of hydrogen-bond acceptors (Lipinski definition) is 5. The second kappa shape index (κ2) is 4.09. The van der Waals surface area contributed by atoms with E-state index >= 15 is 0 Å². The van der Waals surface area contributed by atoms with E-state index in [2.05, 4.69) is 40.1 Å². The van der Waals surface area contributed by atoms with Crippen molar-refractivity contribution in [3.8, 4) is 10.7 Å². The first kappa shape index (κ1) is 12.2. The number of fused-ring (bicyclic) bond motifs is 1. The van der Waals surface area contributed by atoms with Gasteiger partial charge in [0.25, 0.3) is 0 Å². The van der Waals surface area contributed by atoms with Crippen LogP contribution in [-0.4, -0.2) is 23.7 Å². The predicted octanol–water partition coefficient (Wildman–Crippen LogP) is 2.85. The molecule has 3 rings (SSSR count). The molecule has 0 aliphatic heterocycles. The fraction of sp³-hybridized carbons (Fsp3) is 0.385. The van der Waals surface area contributed by atoms with Crippen LogP contribution in [0, 0.1) is 6.92 Å². The smallest absolute Gasteiger partial charge is 0.164 e. The zero-order chi connectivity index (χ0) is 13.6. The minimum Gasteiger partial charge on any atom is -0.300 e. The molecule has 3 aromatic rings. The molecule has 0 N–H and O–H groups in total. The van der Waals surface area contributed by atoms with E-state index in [1.165, 1.54) is 11.5 Å². The van der Waals surface area contributed by atoms with Crippen molar-refractivity contribution >= 4 is 17.0 Å². The Labute approximate surface area is 115 Å². The largest absolute Gasteiger partial charge is 0.300 e. The summed E-state index contributed by atoms with van der Waals surface area (Å²) in [5.74, 6) is 1.79. The van der Waals surface area contributed by atoms with Crippen molar-refractivity contribution in [1.29, 1.82) is 0 Å². The van der Waals surface area contributed by atoms with E-state index in [0.717, 1.165) is 27.9 Å². The highest BCUT2D eigenvalue weighted by Crippen LogP contribution is 2.29. The van der Waals surface area contributed by atoms with E-state index in [1.54, 1.807) is 6.20 Å². The molecule has 0 aliphatic rings. The maximum Gasteiger partial charge on any atom is 0.164 e. The molecular weight excluding hydrogens is 258 g/mol. The molecule has 3 heterocycles. The number of aromatic nitrogens is 5. The summed E-state index contributed by atoms with van der Waals surface area (Å²) in [6.45, 7) is 8.30. The molecule has 6 heteroatoms. The third-order valence-electron chi connectivity index (χ3n) is 2.92. The second-order valence-corrected chi connectivity index (χ2v) is 6.26. The van der Waals surface area contributed by atoms with Gasteiger partial charge in [0.15, 0.2) is 5.01 Å². The first-order valence-corrected chi connectivity index (χ1v) is 6.87. The Morgan fingerprint density at radius 1 is 1.21 bits per heavy atom. The van der Waals surface area contributed by atoms with Crippen molar-refractivity contribution in [1.82, 2.24) is 23.7 Å². The molecule has 0 aromatic carbocycles. The summed E-state index contributed by atoms with van der Waals surface area (Å²) >= 11 is 1.39. The molecule has 0 aliphatic carbocycles. The zero-order valence-corrected chi connectivity index (χ0v) is 12.2. The molecule has 3 aromatic heterocycles. The average Bonchev–Trinajstić information content (AvgIpc) is 2.94. The van der Waals surface area contributed by atoms with Crippen LogP contribution in [0.3, 0.4) is 0 Å². The van der Waals surface area contributed by atoms with Crippen molar-refractivity contribution in [3.63, 3.8) is 0 Å². The van der Waals surface area contributed by atoms with Gasteiger partial charge in [0, 0.05) is 17.8 Å². The molecule has 98 valence electrons. The number of aryl methyl sites for hydroxylation is 1. The van der Waals surface area contributed by atoms with E-state index in [0.29, 0.717) is 0 Å². The topological polar surface area (TPSA) is 56.0 Å². The van der Waals surface area contributed by atoms with Crippen LogP contribution in [0.1, 0.15) is 32.4 Å². The molecule has 0 saturated carbocycles. The van der Waals surface area contributed by atoms with Crippen LogP contribution >= 0.6 is 11.5 Å². The molecule has 19 heavy (non-hydrogen) atoms. The average molecular weight is 273 g/mol. The molecule has 5 nitrogen and oxygen atoms in total. The highest BCUT2D eigenvalue weighted by atomic mass is 32.1. The number of imidazole rings is 1. The van der Waals surface area contributed by atoms with Crippen molar-refractivity contribution < 1.29 is 0 Å². The van der Waals surface area contributed by atoms with Gasteiger partial charge in [-0.25, -0.2) is 9.97 Å². The summed E-state index contributed by atoms with van der Waals surface area (Å²) in [7, 11) is 0. The minimum atomic E-state index is -0.0441. The Balaban J connectivity index is 2.17. The predicted molar refractivity (Wildman–Crippen MR) is 75.3 cm³/mol. The van der Waals surface area contributed by atoms with E-state index in [4.69, 9.17) is 0 Å². The van der Waals surface area contributed by atoms with Gasteiger partial charge < -0.3 is 4.40 Å². The summed E-state index contributed by atoms with van der Waals surface area (Å²) < 4.78 is 6.46. The molecule has 0 bridgehead atoms. The summed E-state index contributed by atoms with van der Waals surface area (Å²) in [5.41, 5.74) is 1.78. The second-order valence-electron chi connectivity index (χ2n) is 5.51. The molecule has 0 saturated heterocycles. The van der Waals surface area contributed by atoms with Crippen LogP contribution in [-0.2, 0) is 5.41 Å². The van der Waals surface area contributed by atoms with Crippen LogP contribution in [0.15, 0.2) is 18.6 Å². The quantitative estimate of drug-likeness (QED) is 0.684. The van der Waals surface area contributed by atoms with Gasteiger partial charge in [-0.05, 0) is 18.5 Å². The number of hydrogen-bond donors (Lipinski definition) is 0. The van der Waals surface area contributed by atoms with Gasteiger partial charge in [-0.15, -0.1) is 0 Å².